The highest BCUT2D eigenvalue weighted by atomic mass is 32.2. The van der Waals surface area contributed by atoms with Crippen molar-refractivity contribution in [1.29, 1.82) is 0 Å². The van der Waals surface area contributed by atoms with Gasteiger partial charge in [0.05, 0.1) is 23.6 Å². The molecule has 4 rings (SSSR count). The number of sulfone groups is 1. The Labute approximate surface area is 154 Å². The summed E-state index contributed by atoms with van der Waals surface area (Å²) in [5, 5.41) is 0.692. The summed E-state index contributed by atoms with van der Waals surface area (Å²) >= 11 is 5.82. The molecule has 0 bridgehead atoms. The van der Waals surface area contributed by atoms with Gasteiger partial charge < -0.3 is 9.80 Å². The summed E-state index contributed by atoms with van der Waals surface area (Å²) in [4.78, 5) is 4.09. The minimum absolute atomic E-state index is 0.134. The smallest absolute Gasteiger partial charge is 0.181 e. The predicted octanol–water partition coefficient (Wildman–Crippen LogP) is 3.03. The first-order chi connectivity index (χ1) is 12.0. The van der Waals surface area contributed by atoms with Gasteiger partial charge in [0.15, 0.2) is 14.9 Å². The number of thiocarbonyl (C=S) groups is 1. The number of hydrogen-bond donors (Lipinski definition) is 0. The van der Waals surface area contributed by atoms with E-state index in [-0.39, 0.29) is 23.6 Å². The molecule has 2 saturated heterocycles. The molecule has 2 aliphatic rings. The van der Waals surface area contributed by atoms with Gasteiger partial charge in [0, 0.05) is 11.4 Å². The molecule has 2 aliphatic heterocycles. The monoisotopic (exact) mass is 372 g/mol. The lowest BCUT2D eigenvalue weighted by Gasteiger charge is -2.27. The molecule has 2 atom stereocenters. The number of fused-ring (bicyclic) bond motifs is 1. The Hall–Kier alpha value is -1.92. The Morgan fingerprint density at radius 1 is 0.960 bits per heavy atom. The first kappa shape index (κ1) is 16.5. The SMILES string of the molecule is CCc1ccccc1N1C(=S)N(c2ccccc2)C2CS(=O)(=O)CC21. The maximum Gasteiger partial charge on any atom is 0.181 e. The van der Waals surface area contributed by atoms with Crippen LogP contribution in [0.2, 0.25) is 0 Å². The number of rotatable bonds is 3. The average molecular weight is 373 g/mol. The third-order valence-corrected chi connectivity index (χ3v) is 7.13. The fourth-order valence-corrected chi connectivity index (χ4v) is 6.31. The van der Waals surface area contributed by atoms with Gasteiger partial charge in [-0.2, -0.15) is 0 Å². The standard InChI is InChI=1S/C19H20N2O2S2/c1-2-14-8-6-7-11-16(14)21-18-13-25(22,23)12-17(18)20(19(21)24)15-9-4-3-5-10-15/h3-11,17-18H,2,12-13H2,1H3. The summed E-state index contributed by atoms with van der Waals surface area (Å²) in [5.74, 6) is 0.302. The molecule has 2 fully saturated rings. The summed E-state index contributed by atoms with van der Waals surface area (Å²) in [6, 6.07) is 17.7. The van der Waals surface area contributed by atoms with E-state index < -0.39 is 9.84 Å². The maximum atomic E-state index is 12.4. The van der Waals surface area contributed by atoms with Gasteiger partial charge in [-0.05, 0) is 42.4 Å². The Morgan fingerprint density at radius 2 is 1.56 bits per heavy atom. The van der Waals surface area contributed by atoms with Gasteiger partial charge in [0.25, 0.3) is 0 Å². The van der Waals surface area contributed by atoms with Crippen LogP contribution < -0.4 is 9.80 Å². The van der Waals surface area contributed by atoms with Crippen LogP contribution >= 0.6 is 12.2 Å². The van der Waals surface area contributed by atoms with Gasteiger partial charge in [0.1, 0.15) is 0 Å². The molecule has 0 saturated carbocycles. The van der Waals surface area contributed by atoms with Crippen LogP contribution in [0.4, 0.5) is 11.4 Å². The number of hydrogen-bond acceptors (Lipinski definition) is 3. The maximum absolute atomic E-state index is 12.4. The number of aryl methyl sites for hydroxylation is 1. The Bertz CT molecular complexity index is 912. The molecule has 0 aliphatic carbocycles. The lowest BCUT2D eigenvalue weighted by molar-refractivity contribution is 0.601. The zero-order valence-electron chi connectivity index (χ0n) is 14.0. The van der Waals surface area contributed by atoms with E-state index in [4.69, 9.17) is 12.2 Å². The van der Waals surface area contributed by atoms with Crippen LogP contribution in [0, 0.1) is 0 Å². The van der Waals surface area contributed by atoms with Crippen LogP contribution in [0.15, 0.2) is 54.6 Å². The third kappa shape index (κ3) is 2.73. The van der Waals surface area contributed by atoms with Gasteiger partial charge in [-0.1, -0.05) is 43.3 Å². The number of para-hydroxylation sites is 2. The van der Waals surface area contributed by atoms with Gasteiger partial charge in [-0.3, -0.25) is 0 Å². The molecule has 0 N–H and O–H groups in total. The molecule has 4 nitrogen and oxygen atoms in total. The molecule has 2 heterocycles. The van der Waals surface area contributed by atoms with Crippen molar-refractivity contribution in [1.82, 2.24) is 0 Å². The van der Waals surface area contributed by atoms with Crippen molar-refractivity contribution in [2.75, 3.05) is 21.3 Å². The molecule has 130 valence electrons. The minimum Gasteiger partial charge on any atom is -0.312 e. The second-order valence-electron chi connectivity index (χ2n) is 6.55. The van der Waals surface area contributed by atoms with E-state index in [2.05, 4.69) is 17.9 Å². The lowest BCUT2D eigenvalue weighted by Crippen LogP contribution is -2.38. The van der Waals surface area contributed by atoms with Crippen molar-refractivity contribution in [2.45, 2.75) is 25.4 Å². The van der Waals surface area contributed by atoms with Gasteiger partial charge >= 0.3 is 0 Å². The number of nitrogens with zero attached hydrogens (tertiary/aromatic N) is 2. The Morgan fingerprint density at radius 3 is 2.24 bits per heavy atom. The first-order valence-corrected chi connectivity index (χ1v) is 10.7. The van der Waals surface area contributed by atoms with Crippen LogP contribution in [-0.2, 0) is 16.3 Å². The van der Waals surface area contributed by atoms with Gasteiger partial charge in [-0.25, -0.2) is 8.42 Å². The molecule has 2 aromatic rings. The normalized spacial score (nSPS) is 24.6. The van der Waals surface area contributed by atoms with Crippen LogP contribution in [0.5, 0.6) is 0 Å². The molecule has 0 amide bonds. The molecule has 2 unspecified atom stereocenters. The van der Waals surface area contributed by atoms with Crippen molar-refractivity contribution in [3.63, 3.8) is 0 Å². The fraction of sp³-hybridized carbons (Fsp3) is 0.316. The van der Waals surface area contributed by atoms with Gasteiger partial charge in [-0.15, -0.1) is 0 Å². The largest absolute Gasteiger partial charge is 0.312 e. The summed E-state index contributed by atoms with van der Waals surface area (Å²) in [7, 11) is -3.07. The minimum atomic E-state index is -3.07. The quantitative estimate of drug-likeness (QED) is 0.775. The second kappa shape index (κ2) is 6.11. The van der Waals surface area contributed by atoms with Crippen LogP contribution in [0.25, 0.3) is 0 Å². The fourth-order valence-electron chi connectivity index (χ4n) is 3.92. The highest BCUT2D eigenvalue weighted by molar-refractivity contribution is 7.91. The van der Waals surface area contributed by atoms with E-state index in [9.17, 15) is 8.42 Å². The number of benzene rings is 2. The predicted molar refractivity (Wildman–Crippen MR) is 106 cm³/mol. The summed E-state index contributed by atoms with van der Waals surface area (Å²) < 4.78 is 24.7. The van der Waals surface area contributed by atoms with Crippen molar-refractivity contribution < 1.29 is 8.42 Å². The summed E-state index contributed by atoms with van der Waals surface area (Å²) in [6.45, 7) is 2.11. The third-order valence-electron chi connectivity index (χ3n) is 5.04. The molecule has 0 spiro atoms. The topological polar surface area (TPSA) is 40.6 Å². The van der Waals surface area contributed by atoms with Crippen LogP contribution in [-0.4, -0.2) is 37.1 Å². The summed E-state index contributed by atoms with van der Waals surface area (Å²) in [6.07, 6.45) is 0.880. The van der Waals surface area contributed by atoms with Gasteiger partial charge in [0.2, 0.25) is 0 Å². The number of anilines is 2. The van der Waals surface area contributed by atoms with E-state index >= 15 is 0 Å². The molecule has 25 heavy (non-hydrogen) atoms. The van der Waals surface area contributed by atoms with Crippen LogP contribution in [0.1, 0.15) is 12.5 Å². The van der Waals surface area contributed by atoms with Crippen LogP contribution in [0.3, 0.4) is 0 Å². The van der Waals surface area contributed by atoms with E-state index in [1.807, 2.05) is 53.4 Å². The van der Waals surface area contributed by atoms with E-state index in [1.165, 1.54) is 5.56 Å². The van der Waals surface area contributed by atoms with Crippen molar-refractivity contribution >= 4 is 38.5 Å². The zero-order chi connectivity index (χ0) is 17.6. The van der Waals surface area contributed by atoms with Crippen molar-refractivity contribution in [2.24, 2.45) is 0 Å². The Balaban J connectivity index is 1.84. The van der Waals surface area contributed by atoms with E-state index in [1.54, 1.807) is 0 Å². The van der Waals surface area contributed by atoms with Crippen molar-refractivity contribution in [3.05, 3.63) is 60.2 Å². The molecule has 6 heteroatoms. The molecule has 2 aromatic carbocycles. The van der Waals surface area contributed by atoms with E-state index in [0.29, 0.717) is 5.11 Å². The molecular weight excluding hydrogens is 352 g/mol. The second-order valence-corrected chi connectivity index (χ2v) is 9.07. The Kier molecular flexibility index (Phi) is 4.04. The van der Waals surface area contributed by atoms with E-state index in [0.717, 1.165) is 17.8 Å². The highest BCUT2D eigenvalue weighted by Crippen LogP contribution is 2.39. The highest BCUT2D eigenvalue weighted by Gasteiger charge is 2.52. The molecular formula is C19H20N2O2S2. The first-order valence-electron chi connectivity index (χ1n) is 8.47. The molecule has 0 aromatic heterocycles. The average Bonchev–Trinajstić information content (AvgIpc) is 3.04. The molecule has 0 radical (unpaired) electrons. The lowest BCUT2D eigenvalue weighted by atomic mass is 10.1. The zero-order valence-corrected chi connectivity index (χ0v) is 15.6. The summed E-state index contributed by atoms with van der Waals surface area (Å²) in [5.41, 5.74) is 3.17. The van der Waals surface area contributed by atoms with Crippen molar-refractivity contribution in [3.8, 4) is 0 Å².